The maximum atomic E-state index is 14.8. The Balaban J connectivity index is 1.34. The van der Waals surface area contributed by atoms with Gasteiger partial charge < -0.3 is 34.5 Å². The summed E-state index contributed by atoms with van der Waals surface area (Å²) in [5.41, 5.74) is -1.37. The lowest BCUT2D eigenvalue weighted by molar-refractivity contribution is -0.143. The van der Waals surface area contributed by atoms with Gasteiger partial charge in [0.15, 0.2) is 0 Å². The summed E-state index contributed by atoms with van der Waals surface area (Å²) < 4.78 is 51.7. The van der Waals surface area contributed by atoms with Gasteiger partial charge in [-0.3, -0.25) is 14.4 Å². The Morgan fingerprint density at radius 2 is 1.57 bits per heavy atom. The molecule has 15 nitrogen and oxygen atoms in total. The molecule has 6 rings (SSSR count). The first-order valence-corrected chi connectivity index (χ1v) is 21.3. The Bertz CT molecular complexity index is 2430. The molecule has 2 fully saturated rings. The lowest BCUT2D eigenvalue weighted by atomic mass is 9.85. The average molecular weight is 856 g/mol. The third kappa shape index (κ3) is 9.91. The van der Waals surface area contributed by atoms with E-state index in [4.69, 9.17) is 23.9 Å². The summed E-state index contributed by atoms with van der Waals surface area (Å²) in [6.45, 7) is 14.1. The van der Waals surface area contributed by atoms with E-state index in [1.165, 1.54) is 42.4 Å². The zero-order valence-corrected chi connectivity index (χ0v) is 36.4. The minimum Gasteiger partial charge on any atom is -0.497 e. The number of pyridine rings is 1. The van der Waals surface area contributed by atoms with Gasteiger partial charge in [-0.2, -0.15) is 0 Å². The normalized spacial score (nSPS) is 20.5. The smallest absolute Gasteiger partial charge is 0.408 e. The number of hydrogen-bond acceptors (Lipinski definition) is 11. The summed E-state index contributed by atoms with van der Waals surface area (Å²) >= 11 is 0. The largest absolute Gasteiger partial charge is 0.497 e. The van der Waals surface area contributed by atoms with Gasteiger partial charge in [0.05, 0.1) is 36.9 Å². The second-order valence-corrected chi connectivity index (χ2v) is 19.0. The van der Waals surface area contributed by atoms with Crippen molar-refractivity contribution in [2.24, 2.45) is 11.3 Å². The van der Waals surface area contributed by atoms with Crippen LogP contribution in [0.2, 0.25) is 0 Å². The molecular weight excluding hydrogens is 803 g/mol. The monoisotopic (exact) mass is 855 g/mol. The molecule has 4 amide bonds. The lowest BCUT2D eigenvalue weighted by Crippen LogP contribution is -2.60. The van der Waals surface area contributed by atoms with Crippen LogP contribution in [0, 0.1) is 11.3 Å². The predicted molar refractivity (Wildman–Crippen MR) is 228 cm³/mol. The first-order chi connectivity index (χ1) is 28.7. The molecule has 4 aromatic rings. The Labute approximate surface area is 356 Å². The van der Waals surface area contributed by atoms with E-state index < -0.39 is 74.5 Å². The Hall–Kier alpha value is -6.16. The Morgan fingerprint density at radius 1 is 0.918 bits per heavy atom. The first kappa shape index (κ1) is 44.4. The molecule has 16 heteroatoms. The number of likely N-dealkylation sites (tertiary alicyclic amines) is 1. The number of sulfonamides is 1. The first-order valence-electron chi connectivity index (χ1n) is 19.8. The molecule has 324 valence electrons. The quantitative estimate of drug-likeness (QED) is 0.138. The number of carbonyl (C=O) groups excluding carboxylic acids is 4. The lowest BCUT2D eigenvalue weighted by Gasteiger charge is -2.36. The average Bonchev–Trinajstić information content (AvgIpc) is 3.77. The Morgan fingerprint density at radius 3 is 2.16 bits per heavy atom. The molecule has 5 atom stereocenters. The second kappa shape index (κ2) is 17.1. The van der Waals surface area contributed by atoms with E-state index in [0.717, 1.165) is 5.56 Å². The van der Waals surface area contributed by atoms with Gasteiger partial charge >= 0.3 is 6.09 Å². The standard InChI is InChI=1S/C45H53N5O10S/c1-10-28-25-45(28,41(53)49-61(55,56)32-19-16-29(57-8)17-20-32)48-39(51)36-23-31(26-50(36)40(52)38(43(2,3)4)47-42(54)60-44(5,6)7)59-37-24-34(27-14-12-11-13-15-27)46-35-22-30(58-9)18-21-33(35)37/h10-22,24,28,31,36,38H,1,23,25-26H2,2-9H3,(H,47,54)(H,48,51)(H,49,53). The molecule has 1 aliphatic heterocycles. The predicted octanol–water partition coefficient (Wildman–Crippen LogP) is 5.77. The molecule has 2 aliphatic rings. The van der Waals surface area contributed by atoms with Crippen molar-refractivity contribution in [1.29, 1.82) is 0 Å². The van der Waals surface area contributed by atoms with Crippen LogP contribution < -0.4 is 29.6 Å². The van der Waals surface area contributed by atoms with Gasteiger partial charge in [0, 0.05) is 35.4 Å². The van der Waals surface area contributed by atoms with Crippen LogP contribution in [0.3, 0.4) is 0 Å². The molecule has 3 N–H and O–H groups in total. The van der Waals surface area contributed by atoms with Crippen LogP contribution in [0.5, 0.6) is 17.2 Å². The summed E-state index contributed by atoms with van der Waals surface area (Å²) in [4.78, 5) is 62.5. The van der Waals surface area contributed by atoms with Gasteiger partial charge in [0.2, 0.25) is 11.8 Å². The van der Waals surface area contributed by atoms with Crippen LogP contribution in [-0.2, 0) is 29.1 Å². The number of rotatable bonds is 13. The minimum atomic E-state index is -4.37. The summed E-state index contributed by atoms with van der Waals surface area (Å²) in [7, 11) is -1.37. The van der Waals surface area contributed by atoms with Crippen molar-refractivity contribution in [3.63, 3.8) is 0 Å². The number of alkyl carbamates (subject to hydrolysis) is 1. The van der Waals surface area contributed by atoms with E-state index in [1.54, 1.807) is 66.9 Å². The van der Waals surface area contributed by atoms with Crippen molar-refractivity contribution in [2.75, 3.05) is 20.8 Å². The molecule has 1 saturated carbocycles. The highest BCUT2D eigenvalue weighted by Crippen LogP contribution is 2.45. The summed E-state index contributed by atoms with van der Waals surface area (Å²) in [6.07, 6.45) is -0.0827. The molecule has 3 aromatic carbocycles. The summed E-state index contributed by atoms with van der Waals surface area (Å²) in [6, 6.07) is 19.8. The molecule has 1 aromatic heterocycles. The fraction of sp³-hybridized carbons (Fsp3) is 0.400. The number of methoxy groups -OCH3 is 2. The van der Waals surface area contributed by atoms with Crippen molar-refractivity contribution < 1.29 is 46.5 Å². The van der Waals surface area contributed by atoms with Crippen LogP contribution in [0.4, 0.5) is 4.79 Å². The maximum absolute atomic E-state index is 14.8. The van der Waals surface area contributed by atoms with Gasteiger partial charge in [-0.15, -0.1) is 6.58 Å². The van der Waals surface area contributed by atoms with Crippen LogP contribution >= 0.6 is 0 Å². The molecule has 2 heterocycles. The highest BCUT2D eigenvalue weighted by Gasteiger charge is 2.61. The number of benzene rings is 3. The second-order valence-electron chi connectivity index (χ2n) is 17.3. The highest BCUT2D eigenvalue weighted by molar-refractivity contribution is 7.90. The molecule has 5 unspecified atom stereocenters. The fourth-order valence-electron chi connectivity index (χ4n) is 7.32. The highest BCUT2D eigenvalue weighted by atomic mass is 32.2. The van der Waals surface area contributed by atoms with Crippen molar-refractivity contribution in [1.82, 2.24) is 25.2 Å². The number of carbonyl (C=O) groups is 4. The van der Waals surface area contributed by atoms with E-state index in [-0.39, 0.29) is 24.3 Å². The molecule has 0 spiro atoms. The summed E-state index contributed by atoms with van der Waals surface area (Å²) in [5.74, 6) is -1.44. The number of amides is 4. The number of hydrogen-bond donors (Lipinski definition) is 3. The van der Waals surface area contributed by atoms with E-state index >= 15 is 0 Å². The van der Waals surface area contributed by atoms with Crippen molar-refractivity contribution in [3.05, 3.63) is 91.5 Å². The van der Waals surface area contributed by atoms with Crippen molar-refractivity contribution in [2.45, 2.75) is 88.6 Å². The number of ether oxygens (including phenoxy) is 4. The molecule has 1 aliphatic carbocycles. The van der Waals surface area contributed by atoms with Gasteiger partial charge in [-0.1, -0.05) is 57.2 Å². The zero-order valence-electron chi connectivity index (χ0n) is 35.6. The van der Waals surface area contributed by atoms with Crippen LogP contribution in [0.15, 0.2) is 96.4 Å². The van der Waals surface area contributed by atoms with Gasteiger partial charge in [0.25, 0.3) is 15.9 Å². The molecular formula is C45H53N5O10S. The van der Waals surface area contributed by atoms with E-state index in [2.05, 4.69) is 21.9 Å². The molecule has 0 bridgehead atoms. The maximum Gasteiger partial charge on any atom is 0.408 e. The third-order valence-electron chi connectivity index (χ3n) is 10.6. The van der Waals surface area contributed by atoms with E-state index in [1.807, 2.05) is 36.4 Å². The van der Waals surface area contributed by atoms with Crippen LogP contribution in [-0.4, -0.2) is 92.2 Å². The minimum absolute atomic E-state index is 0.0257. The van der Waals surface area contributed by atoms with Gasteiger partial charge in [-0.25, -0.2) is 22.9 Å². The fourth-order valence-corrected chi connectivity index (χ4v) is 8.35. The SMILES string of the molecule is C=CC1CC1(NC(=O)C1CC(Oc2cc(-c3ccccc3)nc3cc(OC)ccc23)CN1C(=O)C(NC(=O)OC(C)(C)C)C(C)(C)C)C(=O)NS(=O)(=O)c1ccc(OC)cc1. The van der Waals surface area contributed by atoms with Crippen LogP contribution in [0.25, 0.3) is 22.2 Å². The zero-order chi connectivity index (χ0) is 44.5. The van der Waals surface area contributed by atoms with Gasteiger partial charge in [0.1, 0.15) is 46.6 Å². The number of nitrogens with zero attached hydrogens (tertiary/aromatic N) is 2. The third-order valence-corrected chi connectivity index (χ3v) is 12.0. The molecule has 1 saturated heterocycles. The summed E-state index contributed by atoms with van der Waals surface area (Å²) in [5, 5.41) is 6.18. The topological polar surface area (TPSA) is 192 Å². The number of nitrogens with one attached hydrogen (secondary N) is 3. The van der Waals surface area contributed by atoms with Gasteiger partial charge in [-0.05, 0) is 69.0 Å². The number of fused-ring (bicyclic) bond motifs is 1. The Kier molecular flexibility index (Phi) is 12.4. The van der Waals surface area contributed by atoms with E-state index in [9.17, 15) is 27.6 Å². The number of aromatic nitrogens is 1. The van der Waals surface area contributed by atoms with Crippen molar-refractivity contribution in [3.8, 4) is 28.5 Å². The molecule has 0 radical (unpaired) electrons. The van der Waals surface area contributed by atoms with Crippen LogP contribution in [0.1, 0.15) is 54.4 Å². The van der Waals surface area contributed by atoms with Crippen molar-refractivity contribution >= 4 is 44.7 Å². The van der Waals surface area contributed by atoms with E-state index in [0.29, 0.717) is 33.8 Å². The molecule has 61 heavy (non-hydrogen) atoms.